The average molecular weight is 700 g/mol. The Bertz CT molecular complexity index is 1590. The number of hydrogen-bond donors (Lipinski definition) is 1. The molecular weight excluding hydrogens is 677 g/mol. The van der Waals surface area contributed by atoms with Gasteiger partial charge in [0, 0.05) is 27.1 Å². The highest BCUT2D eigenvalue weighted by molar-refractivity contribution is 14.1. The number of amides is 2. The van der Waals surface area contributed by atoms with E-state index in [0.29, 0.717) is 38.0 Å². The quantitative estimate of drug-likeness (QED) is 0.199. The van der Waals surface area contributed by atoms with Gasteiger partial charge in [-0.15, -0.1) is 0 Å². The second kappa shape index (κ2) is 9.55. The van der Waals surface area contributed by atoms with Crippen LogP contribution in [0, 0.1) is 21.3 Å². The number of aromatic hydroxyl groups is 1. The van der Waals surface area contributed by atoms with Crippen molar-refractivity contribution in [2.75, 3.05) is 12.0 Å². The Kier molecular flexibility index (Phi) is 6.41. The molecule has 7 nitrogen and oxygen atoms in total. The summed E-state index contributed by atoms with van der Waals surface area (Å²) in [5, 5.41) is 10.5. The largest absolute Gasteiger partial charge is 0.504 e. The summed E-state index contributed by atoms with van der Waals surface area (Å²) < 4.78 is 6.78. The van der Waals surface area contributed by atoms with E-state index in [0.717, 1.165) is 10.0 Å². The number of ketones is 2. The summed E-state index contributed by atoms with van der Waals surface area (Å²) in [5.41, 5.74) is 3.22. The van der Waals surface area contributed by atoms with Crippen LogP contribution in [0.4, 0.5) is 5.69 Å². The highest BCUT2D eigenvalue weighted by Crippen LogP contribution is 2.56. The van der Waals surface area contributed by atoms with E-state index in [1.54, 1.807) is 43.3 Å². The van der Waals surface area contributed by atoms with Crippen molar-refractivity contribution in [3.05, 3.63) is 84.4 Å². The number of allylic oxidation sites excluding steroid dienone is 6. The first-order valence-corrected chi connectivity index (χ1v) is 14.4. The fraction of sp³-hybridized carbons (Fsp3) is 0.267. The van der Waals surface area contributed by atoms with Crippen LogP contribution in [-0.2, 0) is 19.2 Å². The Hall–Kier alpha value is -3.05. The van der Waals surface area contributed by atoms with Gasteiger partial charge in [-0.2, -0.15) is 0 Å². The molecule has 4 atom stereocenters. The van der Waals surface area contributed by atoms with Crippen molar-refractivity contribution in [3.63, 3.8) is 0 Å². The maximum Gasteiger partial charge on any atom is 0.238 e. The third-order valence-electron chi connectivity index (χ3n) is 8.25. The molecule has 6 rings (SSSR count). The zero-order valence-corrected chi connectivity index (χ0v) is 24.8. The van der Waals surface area contributed by atoms with E-state index >= 15 is 0 Å². The van der Waals surface area contributed by atoms with Crippen molar-refractivity contribution >= 4 is 67.6 Å². The summed E-state index contributed by atoms with van der Waals surface area (Å²) in [7, 11) is 1.45. The normalized spacial score (nSPS) is 26.2. The number of hydrogen-bond acceptors (Lipinski definition) is 6. The molecule has 0 aromatic heterocycles. The summed E-state index contributed by atoms with van der Waals surface area (Å²) in [6.07, 6.45) is 3.92. The molecule has 198 valence electrons. The Morgan fingerprint density at radius 2 is 1.77 bits per heavy atom. The van der Waals surface area contributed by atoms with E-state index in [4.69, 9.17) is 4.74 Å². The molecule has 1 fully saturated rings. The van der Waals surface area contributed by atoms with Crippen molar-refractivity contribution in [1.29, 1.82) is 0 Å². The van der Waals surface area contributed by atoms with Gasteiger partial charge in [0.15, 0.2) is 23.1 Å². The zero-order valence-electron chi connectivity index (χ0n) is 21.0. The molecule has 9 heteroatoms. The smallest absolute Gasteiger partial charge is 0.238 e. The average Bonchev–Trinajstić information content (AvgIpc) is 3.18. The maximum atomic E-state index is 13.9. The number of benzene rings is 2. The molecule has 4 aliphatic rings. The van der Waals surface area contributed by atoms with Crippen molar-refractivity contribution < 1.29 is 29.0 Å². The number of anilines is 1. The van der Waals surface area contributed by atoms with Crippen molar-refractivity contribution in [1.82, 2.24) is 0 Å². The molecular formula is C30H23BrINO6. The number of halogens is 2. The molecule has 0 radical (unpaired) electrons. The van der Waals surface area contributed by atoms with Gasteiger partial charge in [0.25, 0.3) is 0 Å². The minimum atomic E-state index is -0.648. The second-order valence-electron chi connectivity index (χ2n) is 10.3. The molecule has 1 saturated heterocycles. The molecule has 1 N–H and O–H groups in total. The van der Waals surface area contributed by atoms with Crippen LogP contribution in [-0.4, -0.2) is 35.6 Å². The summed E-state index contributed by atoms with van der Waals surface area (Å²) in [5.74, 6) is -2.96. The molecule has 2 amide bonds. The van der Waals surface area contributed by atoms with E-state index in [1.165, 1.54) is 18.1 Å². The molecule has 0 unspecified atom stereocenters. The maximum absolute atomic E-state index is 13.9. The van der Waals surface area contributed by atoms with Gasteiger partial charge in [0.1, 0.15) is 0 Å². The van der Waals surface area contributed by atoms with E-state index in [1.807, 2.05) is 28.7 Å². The molecule has 1 heterocycles. The third kappa shape index (κ3) is 3.96. The van der Waals surface area contributed by atoms with Crippen LogP contribution in [0.25, 0.3) is 0 Å². The molecule has 2 aromatic carbocycles. The molecule has 0 bridgehead atoms. The van der Waals surface area contributed by atoms with Crippen LogP contribution >= 0.6 is 38.5 Å². The van der Waals surface area contributed by atoms with E-state index < -0.39 is 23.7 Å². The first-order valence-electron chi connectivity index (χ1n) is 12.5. The SMILES string of the molecule is COc1cc([C@H]2C3=CC[C@@H]4C(=O)N(c5ccc(Br)cc5)C(=O)[C@@H]4[C@@H]3CC3=C2C(=O)C(C)=CC3=O)cc(I)c1O. The molecule has 3 aliphatic carbocycles. The fourth-order valence-electron chi connectivity index (χ4n) is 6.50. The fourth-order valence-corrected chi connectivity index (χ4v) is 7.39. The number of ether oxygens (including phenoxy) is 1. The lowest BCUT2D eigenvalue weighted by molar-refractivity contribution is -0.123. The minimum absolute atomic E-state index is 0.00932. The van der Waals surface area contributed by atoms with Crippen molar-refractivity contribution in [2.24, 2.45) is 17.8 Å². The van der Waals surface area contributed by atoms with Gasteiger partial charge in [-0.1, -0.05) is 27.6 Å². The van der Waals surface area contributed by atoms with Gasteiger partial charge in [-0.25, -0.2) is 0 Å². The molecule has 0 saturated carbocycles. The van der Waals surface area contributed by atoms with Crippen LogP contribution in [0.5, 0.6) is 11.5 Å². The van der Waals surface area contributed by atoms with Gasteiger partial charge in [-0.3, -0.25) is 24.1 Å². The molecule has 0 spiro atoms. The Balaban J connectivity index is 1.51. The number of carbonyl (C=O) groups excluding carboxylic acids is 4. The number of nitrogens with zero attached hydrogens (tertiary/aromatic N) is 1. The number of imide groups is 1. The number of phenolic OH excluding ortho intramolecular Hbond substituents is 1. The Morgan fingerprint density at radius 3 is 2.46 bits per heavy atom. The summed E-state index contributed by atoms with van der Waals surface area (Å²) in [4.78, 5) is 55.6. The number of Topliss-reactive ketones (excluding diaryl/α,β-unsaturated/α-hetero) is 1. The van der Waals surface area contributed by atoms with Crippen LogP contribution in [0.1, 0.15) is 31.2 Å². The topological polar surface area (TPSA) is 101 Å². The summed E-state index contributed by atoms with van der Waals surface area (Å²) in [6, 6.07) is 10.5. The Morgan fingerprint density at radius 1 is 1.05 bits per heavy atom. The van der Waals surface area contributed by atoms with E-state index in [-0.39, 0.29) is 41.3 Å². The van der Waals surface area contributed by atoms with Gasteiger partial charge in [-0.05, 0) is 96.3 Å². The van der Waals surface area contributed by atoms with Crippen LogP contribution in [0.3, 0.4) is 0 Å². The lowest BCUT2D eigenvalue weighted by atomic mass is 9.59. The number of carbonyl (C=O) groups is 4. The third-order valence-corrected chi connectivity index (χ3v) is 9.60. The van der Waals surface area contributed by atoms with Crippen LogP contribution < -0.4 is 9.64 Å². The van der Waals surface area contributed by atoms with Gasteiger partial charge in [0.05, 0.1) is 28.2 Å². The standard InChI is InChI=1S/C30H23BrINO6/c1-13-9-22(34)20-12-19-17(24(26(20)27(13)35)14-10-21(32)28(36)23(11-14)39-2)7-8-18-25(19)30(38)33(29(18)37)16-5-3-15(31)4-6-16/h3-7,9-11,18-19,24-25,36H,8,12H2,1-2H3/t18-,19+,24-,25-/m0/s1. The summed E-state index contributed by atoms with van der Waals surface area (Å²) in [6.45, 7) is 1.63. The van der Waals surface area contributed by atoms with Crippen molar-refractivity contribution in [2.45, 2.75) is 25.7 Å². The monoisotopic (exact) mass is 699 g/mol. The predicted molar refractivity (Wildman–Crippen MR) is 155 cm³/mol. The zero-order chi connectivity index (χ0) is 27.7. The van der Waals surface area contributed by atoms with Crippen LogP contribution in [0.15, 0.2) is 75.3 Å². The summed E-state index contributed by atoms with van der Waals surface area (Å²) >= 11 is 5.40. The lowest BCUT2D eigenvalue weighted by Gasteiger charge is -2.42. The van der Waals surface area contributed by atoms with Gasteiger partial charge >= 0.3 is 0 Å². The van der Waals surface area contributed by atoms with E-state index in [9.17, 15) is 24.3 Å². The highest BCUT2D eigenvalue weighted by atomic mass is 127. The number of phenols is 1. The molecule has 39 heavy (non-hydrogen) atoms. The predicted octanol–water partition coefficient (Wildman–Crippen LogP) is 5.40. The van der Waals surface area contributed by atoms with Crippen molar-refractivity contribution in [3.8, 4) is 11.5 Å². The van der Waals surface area contributed by atoms with Crippen LogP contribution in [0.2, 0.25) is 0 Å². The minimum Gasteiger partial charge on any atom is -0.504 e. The highest BCUT2D eigenvalue weighted by Gasteiger charge is 2.56. The van der Waals surface area contributed by atoms with Gasteiger partial charge in [0.2, 0.25) is 11.8 Å². The van der Waals surface area contributed by atoms with E-state index in [2.05, 4.69) is 15.9 Å². The first-order chi connectivity index (χ1) is 18.6. The van der Waals surface area contributed by atoms with Gasteiger partial charge < -0.3 is 9.84 Å². The lowest BCUT2D eigenvalue weighted by Crippen LogP contribution is -2.39. The number of methoxy groups -OCH3 is 1. The molecule has 1 aliphatic heterocycles. The first kappa shape index (κ1) is 26.2. The Labute approximate surface area is 246 Å². The number of rotatable bonds is 3. The number of fused-ring (bicyclic) bond motifs is 3. The molecule has 2 aromatic rings. The second-order valence-corrected chi connectivity index (χ2v) is 12.3.